The average Bonchev–Trinajstić information content (AvgIpc) is 3.25. The van der Waals surface area contributed by atoms with Crippen LogP contribution in [0.4, 0.5) is 19.5 Å². The van der Waals surface area contributed by atoms with Crippen molar-refractivity contribution >= 4 is 33.5 Å². The number of ether oxygens (including phenoxy) is 1. The molecule has 1 aliphatic heterocycles. The molecule has 0 saturated carbocycles. The molecular weight excluding hydrogens is 400 g/mol. The van der Waals surface area contributed by atoms with E-state index in [0.717, 1.165) is 29.0 Å². The van der Waals surface area contributed by atoms with Gasteiger partial charge in [-0.05, 0) is 31.1 Å². The summed E-state index contributed by atoms with van der Waals surface area (Å²) < 4.78 is 33.4. The number of halogens is 2. The van der Waals surface area contributed by atoms with Gasteiger partial charge in [0.15, 0.2) is 5.69 Å². The maximum absolute atomic E-state index is 14.1. The molecule has 3 heterocycles. The number of H-pyrrole nitrogens is 1. The number of hydrogen-bond donors (Lipinski definition) is 3. The molecule has 1 aromatic carbocycles. The molecule has 3 aromatic rings. The number of nitrogen functional groups attached to an aromatic ring is 1. The number of aromatic amines is 1. The zero-order valence-electron chi connectivity index (χ0n) is 15.4. The number of thiazole rings is 1. The van der Waals surface area contributed by atoms with Crippen LogP contribution in [-0.4, -0.2) is 34.3 Å². The number of anilines is 2. The number of benzene rings is 1. The normalized spacial score (nSPS) is 14.0. The number of aryl methyl sites for hydroxylation is 1. The number of aromatic nitrogens is 3. The minimum absolute atomic E-state index is 0.000438. The monoisotopic (exact) mass is 417 g/mol. The zero-order valence-corrected chi connectivity index (χ0v) is 16.2. The fraction of sp³-hybridized carbons (Fsp3) is 0.211. The Morgan fingerprint density at radius 2 is 2.10 bits per heavy atom. The summed E-state index contributed by atoms with van der Waals surface area (Å²) in [5.74, 6) is -2.13. The van der Waals surface area contributed by atoms with Gasteiger partial charge in [0.1, 0.15) is 21.6 Å². The van der Waals surface area contributed by atoms with Crippen molar-refractivity contribution < 1.29 is 18.3 Å². The lowest BCUT2D eigenvalue weighted by Crippen LogP contribution is -2.16. The summed E-state index contributed by atoms with van der Waals surface area (Å²) in [6.07, 6.45) is 2.60. The second kappa shape index (κ2) is 7.72. The van der Waals surface area contributed by atoms with Gasteiger partial charge in [-0.3, -0.25) is 9.89 Å². The van der Waals surface area contributed by atoms with Crippen LogP contribution in [0.3, 0.4) is 0 Å². The summed E-state index contributed by atoms with van der Waals surface area (Å²) in [5.41, 5.74) is 8.29. The van der Waals surface area contributed by atoms with Gasteiger partial charge in [0.25, 0.3) is 5.91 Å². The summed E-state index contributed by atoms with van der Waals surface area (Å²) in [4.78, 5) is 16.9. The molecule has 29 heavy (non-hydrogen) atoms. The van der Waals surface area contributed by atoms with Crippen LogP contribution in [0.2, 0.25) is 0 Å². The Kier molecular flexibility index (Phi) is 5.12. The Labute approximate surface area is 168 Å². The smallest absolute Gasteiger partial charge is 0.277 e. The van der Waals surface area contributed by atoms with Crippen molar-refractivity contribution in [3.63, 3.8) is 0 Å². The van der Waals surface area contributed by atoms with E-state index in [1.807, 2.05) is 6.08 Å². The third kappa shape index (κ3) is 3.64. The molecule has 0 unspecified atom stereocenters. The first-order chi connectivity index (χ1) is 14.0. The highest BCUT2D eigenvalue weighted by Crippen LogP contribution is 2.34. The molecular formula is C19H17F2N5O2S. The molecule has 150 valence electrons. The molecule has 4 N–H and O–H groups in total. The SMILES string of the molecule is Cc1n[nH]c(C2=CCOCC2)c1NC(=O)c1nc(-c2c(F)cccc2F)sc1N. The minimum atomic E-state index is -0.773. The highest BCUT2D eigenvalue weighted by molar-refractivity contribution is 7.19. The molecule has 1 aliphatic rings. The number of amides is 1. The van der Waals surface area contributed by atoms with Crippen molar-refractivity contribution in [2.75, 3.05) is 24.3 Å². The van der Waals surface area contributed by atoms with Gasteiger partial charge in [-0.1, -0.05) is 23.5 Å². The maximum atomic E-state index is 14.1. The quantitative estimate of drug-likeness (QED) is 0.599. The summed E-state index contributed by atoms with van der Waals surface area (Å²) in [5, 5.41) is 9.92. The van der Waals surface area contributed by atoms with Gasteiger partial charge in [0, 0.05) is 0 Å². The van der Waals surface area contributed by atoms with Gasteiger partial charge in [-0.15, -0.1) is 0 Å². The highest BCUT2D eigenvalue weighted by Gasteiger charge is 2.24. The van der Waals surface area contributed by atoms with E-state index in [-0.39, 0.29) is 21.3 Å². The molecule has 4 rings (SSSR count). The molecule has 10 heteroatoms. The molecule has 1 amide bonds. The molecule has 0 spiro atoms. The second-order valence-electron chi connectivity index (χ2n) is 6.40. The van der Waals surface area contributed by atoms with Crippen molar-refractivity contribution in [3.05, 3.63) is 53.0 Å². The maximum Gasteiger partial charge on any atom is 0.277 e. The average molecular weight is 417 g/mol. The Morgan fingerprint density at radius 3 is 2.79 bits per heavy atom. The summed E-state index contributed by atoms with van der Waals surface area (Å²) in [6.45, 7) is 2.81. The van der Waals surface area contributed by atoms with Crippen LogP contribution in [0.5, 0.6) is 0 Å². The first-order valence-corrected chi connectivity index (χ1v) is 9.61. The van der Waals surface area contributed by atoms with E-state index >= 15 is 0 Å². The van der Waals surface area contributed by atoms with Gasteiger partial charge in [-0.25, -0.2) is 13.8 Å². The summed E-state index contributed by atoms with van der Waals surface area (Å²) in [7, 11) is 0. The van der Waals surface area contributed by atoms with E-state index in [0.29, 0.717) is 36.7 Å². The second-order valence-corrected chi connectivity index (χ2v) is 7.43. The lowest BCUT2D eigenvalue weighted by Gasteiger charge is -2.14. The van der Waals surface area contributed by atoms with Gasteiger partial charge >= 0.3 is 0 Å². The summed E-state index contributed by atoms with van der Waals surface area (Å²) >= 11 is 0.848. The van der Waals surface area contributed by atoms with Crippen LogP contribution < -0.4 is 11.1 Å². The van der Waals surface area contributed by atoms with Crippen LogP contribution in [0, 0.1) is 18.6 Å². The van der Waals surface area contributed by atoms with E-state index in [1.165, 1.54) is 6.07 Å². The van der Waals surface area contributed by atoms with Crippen molar-refractivity contribution in [2.45, 2.75) is 13.3 Å². The lowest BCUT2D eigenvalue weighted by atomic mass is 10.1. The zero-order chi connectivity index (χ0) is 20.5. The predicted octanol–water partition coefficient (Wildman–Crippen LogP) is 3.76. The van der Waals surface area contributed by atoms with Crippen LogP contribution in [0.1, 0.15) is 28.3 Å². The Morgan fingerprint density at radius 1 is 1.34 bits per heavy atom. The first-order valence-electron chi connectivity index (χ1n) is 8.80. The van der Waals surface area contributed by atoms with Crippen molar-refractivity contribution in [1.82, 2.24) is 15.2 Å². The van der Waals surface area contributed by atoms with E-state index < -0.39 is 17.5 Å². The molecule has 0 saturated heterocycles. The van der Waals surface area contributed by atoms with E-state index in [4.69, 9.17) is 10.5 Å². The topological polar surface area (TPSA) is 106 Å². The fourth-order valence-corrected chi connectivity index (χ4v) is 3.93. The first kappa shape index (κ1) is 19.2. The van der Waals surface area contributed by atoms with Gasteiger partial charge in [-0.2, -0.15) is 5.10 Å². The molecule has 0 fully saturated rings. The third-order valence-corrected chi connectivity index (χ3v) is 5.42. The highest BCUT2D eigenvalue weighted by atomic mass is 32.1. The predicted molar refractivity (Wildman–Crippen MR) is 107 cm³/mol. The van der Waals surface area contributed by atoms with E-state index in [9.17, 15) is 13.6 Å². The fourth-order valence-electron chi connectivity index (χ4n) is 3.05. The van der Waals surface area contributed by atoms with Gasteiger partial charge in [0.2, 0.25) is 0 Å². The van der Waals surface area contributed by atoms with Crippen molar-refractivity contribution in [2.24, 2.45) is 0 Å². The van der Waals surface area contributed by atoms with Crippen molar-refractivity contribution in [1.29, 1.82) is 0 Å². The number of carbonyl (C=O) groups is 1. The van der Waals surface area contributed by atoms with Crippen LogP contribution in [-0.2, 0) is 4.74 Å². The van der Waals surface area contributed by atoms with Crippen molar-refractivity contribution in [3.8, 4) is 10.6 Å². The van der Waals surface area contributed by atoms with Crippen LogP contribution in [0.15, 0.2) is 24.3 Å². The van der Waals surface area contributed by atoms with E-state index in [2.05, 4.69) is 20.5 Å². The lowest BCUT2D eigenvalue weighted by molar-refractivity contribution is 0.102. The molecule has 0 atom stereocenters. The van der Waals surface area contributed by atoms with Crippen LogP contribution in [0.25, 0.3) is 16.1 Å². The number of nitrogens with two attached hydrogens (primary N) is 1. The Hall–Kier alpha value is -3.11. The number of nitrogens with one attached hydrogen (secondary N) is 2. The van der Waals surface area contributed by atoms with Gasteiger partial charge in [0.05, 0.1) is 35.9 Å². The minimum Gasteiger partial charge on any atom is -0.389 e. The number of hydrogen-bond acceptors (Lipinski definition) is 6. The Balaban J connectivity index is 1.65. The standard InChI is InChI=1S/C19H17F2N5O2S/c1-9-14(15(26-25-9)10-5-7-28-8-6-10)23-18(27)16-17(22)29-19(24-16)13-11(20)3-2-4-12(13)21/h2-5H,6-8,22H2,1H3,(H,23,27)(H,25,26). The summed E-state index contributed by atoms with van der Waals surface area (Å²) in [6, 6.07) is 3.50. The molecule has 7 nitrogen and oxygen atoms in total. The molecule has 0 aliphatic carbocycles. The third-order valence-electron chi connectivity index (χ3n) is 4.52. The molecule has 0 bridgehead atoms. The van der Waals surface area contributed by atoms with E-state index in [1.54, 1.807) is 6.92 Å². The molecule has 0 radical (unpaired) electrons. The number of rotatable bonds is 4. The number of carbonyl (C=O) groups excluding carboxylic acids is 1. The van der Waals surface area contributed by atoms with Crippen LogP contribution >= 0.6 is 11.3 Å². The largest absolute Gasteiger partial charge is 0.389 e. The Bertz CT molecular complexity index is 1100. The molecule has 2 aromatic heterocycles. The number of nitrogens with zero attached hydrogens (tertiary/aromatic N) is 2. The van der Waals surface area contributed by atoms with Gasteiger partial charge < -0.3 is 15.8 Å².